The van der Waals surface area contributed by atoms with Gasteiger partial charge in [-0.25, -0.2) is 0 Å². The van der Waals surface area contributed by atoms with Gasteiger partial charge in [0.15, 0.2) is 6.10 Å². The number of aliphatic hydroxyl groups is 1. The fourth-order valence-corrected chi connectivity index (χ4v) is 2.16. The average Bonchev–Trinajstić information content (AvgIpc) is 2.84. The smallest absolute Gasteiger partial charge is 0.306 e. The van der Waals surface area contributed by atoms with Crippen molar-refractivity contribution >= 4 is 5.97 Å². The highest BCUT2D eigenvalue weighted by atomic mass is 16.6. The maximum Gasteiger partial charge on any atom is 0.306 e. The maximum atomic E-state index is 11.5. The Morgan fingerprint density at radius 3 is 2.94 bits per heavy atom. The zero-order valence-corrected chi connectivity index (χ0v) is 9.71. The van der Waals surface area contributed by atoms with Gasteiger partial charge in [0, 0.05) is 6.42 Å². The highest BCUT2D eigenvalue weighted by molar-refractivity contribution is 5.69. The Kier molecular flexibility index (Phi) is 4.15. The molecule has 5 heteroatoms. The van der Waals surface area contributed by atoms with Crippen LogP contribution >= 0.6 is 0 Å². The number of rotatable bonds is 5. The SMILES string of the molecule is C=CCCCC(=O)O[C@@H]1CO[C@H]2[C@@H]1OC[C@H]2O. The number of fused-ring (bicyclic) bond motifs is 1. The molecule has 0 bridgehead atoms. The molecule has 0 aromatic heterocycles. The Bertz CT molecular complexity index is 291. The molecule has 2 fully saturated rings. The van der Waals surface area contributed by atoms with Gasteiger partial charge >= 0.3 is 5.97 Å². The highest BCUT2D eigenvalue weighted by Gasteiger charge is 2.48. The molecule has 2 aliphatic heterocycles. The Balaban J connectivity index is 1.76. The second-order valence-corrected chi connectivity index (χ2v) is 4.37. The first-order valence-electron chi connectivity index (χ1n) is 5.94. The van der Waals surface area contributed by atoms with Crippen LogP contribution in [-0.4, -0.2) is 48.7 Å². The predicted molar refractivity (Wildman–Crippen MR) is 59.4 cm³/mol. The van der Waals surface area contributed by atoms with Crippen LogP contribution in [0.1, 0.15) is 19.3 Å². The minimum Gasteiger partial charge on any atom is -0.457 e. The molecule has 4 atom stereocenters. The third-order valence-electron chi connectivity index (χ3n) is 3.05. The van der Waals surface area contributed by atoms with E-state index in [0.717, 1.165) is 12.8 Å². The molecule has 2 aliphatic rings. The lowest BCUT2D eigenvalue weighted by molar-refractivity contribution is -0.153. The van der Waals surface area contributed by atoms with E-state index in [1.807, 2.05) is 0 Å². The second-order valence-electron chi connectivity index (χ2n) is 4.37. The van der Waals surface area contributed by atoms with Crippen LogP contribution in [-0.2, 0) is 19.0 Å². The van der Waals surface area contributed by atoms with Crippen LogP contribution in [0.15, 0.2) is 12.7 Å². The molecule has 0 radical (unpaired) electrons. The minimum absolute atomic E-state index is 0.244. The monoisotopic (exact) mass is 242 g/mol. The van der Waals surface area contributed by atoms with E-state index in [2.05, 4.69) is 6.58 Å². The summed E-state index contributed by atoms with van der Waals surface area (Å²) >= 11 is 0. The summed E-state index contributed by atoms with van der Waals surface area (Å²) in [4.78, 5) is 11.5. The van der Waals surface area contributed by atoms with E-state index in [0.29, 0.717) is 13.0 Å². The topological polar surface area (TPSA) is 65.0 Å². The molecule has 17 heavy (non-hydrogen) atoms. The van der Waals surface area contributed by atoms with Gasteiger partial charge in [0.1, 0.15) is 18.3 Å². The number of unbranched alkanes of at least 4 members (excludes halogenated alkanes) is 1. The van der Waals surface area contributed by atoms with Crippen LogP contribution in [0.5, 0.6) is 0 Å². The fourth-order valence-electron chi connectivity index (χ4n) is 2.16. The standard InChI is InChI=1S/C12H18O5/c1-2-3-4-5-10(14)17-9-7-16-11-8(13)6-15-12(9)11/h2,8-9,11-13H,1,3-7H2/t8-,9-,11-,12-/m1/s1. The summed E-state index contributed by atoms with van der Waals surface area (Å²) in [5.41, 5.74) is 0. The van der Waals surface area contributed by atoms with Gasteiger partial charge in [-0.2, -0.15) is 0 Å². The number of aliphatic hydroxyl groups excluding tert-OH is 1. The van der Waals surface area contributed by atoms with Gasteiger partial charge < -0.3 is 19.3 Å². The van der Waals surface area contributed by atoms with Crippen molar-refractivity contribution in [2.45, 2.75) is 43.7 Å². The van der Waals surface area contributed by atoms with Gasteiger partial charge in [-0.15, -0.1) is 6.58 Å². The highest BCUT2D eigenvalue weighted by Crippen LogP contribution is 2.28. The number of esters is 1. The van der Waals surface area contributed by atoms with E-state index in [-0.39, 0.29) is 30.9 Å². The van der Waals surface area contributed by atoms with E-state index in [9.17, 15) is 9.90 Å². The largest absolute Gasteiger partial charge is 0.457 e. The fraction of sp³-hybridized carbons (Fsp3) is 0.750. The first-order valence-corrected chi connectivity index (χ1v) is 5.94. The Morgan fingerprint density at radius 1 is 1.41 bits per heavy atom. The first kappa shape index (κ1) is 12.5. The summed E-state index contributed by atoms with van der Waals surface area (Å²) in [5, 5.41) is 9.52. The van der Waals surface area contributed by atoms with Gasteiger partial charge in [0.05, 0.1) is 13.2 Å². The lowest BCUT2D eigenvalue weighted by Crippen LogP contribution is -2.34. The molecule has 0 unspecified atom stereocenters. The molecule has 0 aromatic rings. The molecular formula is C12H18O5. The average molecular weight is 242 g/mol. The van der Waals surface area contributed by atoms with Crippen LogP contribution in [0.4, 0.5) is 0 Å². The molecule has 0 saturated carbocycles. The summed E-state index contributed by atoms with van der Waals surface area (Å²) < 4.78 is 16.0. The zero-order chi connectivity index (χ0) is 12.3. The van der Waals surface area contributed by atoms with Crippen LogP contribution < -0.4 is 0 Å². The van der Waals surface area contributed by atoms with E-state index in [1.54, 1.807) is 6.08 Å². The van der Waals surface area contributed by atoms with Crippen molar-refractivity contribution in [2.24, 2.45) is 0 Å². The van der Waals surface area contributed by atoms with Crippen molar-refractivity contribution in [3.8, 4) is 0 Å². The molecule has 2 saturated heterocycles. The maximum absolute atomic E-state index is 11.5. The second kappa shape index (κ2) is 5.62. The van der Waals surface area contributed by atoms with Crippen molar-refractivity contribution < 1.29 is 24.1 Å². The Labute approximate surface area is 100 Å². The van der Waals surface area contributed by atoms with Crippen LogP contribution in [0.25, 0.3) is 0 Å². The number of hydrogen-bond acceptors (Lipinski definition) is 5. The first-order chi connectivity index (χ1) is 8.22. The number of carbonyl (C=O) groups is 1. The van der Waals surface area contributed by atoms with Crippen LogP contribution in [0, 0.1) is 0 Å². The molecule has 0 spiro atoms. The van der Waals surface area contributed by atoms with Gasteiger partial charge in [-0.1, -0.05) is 6.08 Å². The Morgan fingerprint density at radius 2 is 2.18 bits per heavy atom. The van der Waals surface area contributed by atoms with E-state index >= 15 is 0 Å². The summed E-state index contributed by atoms with van der Waals surface area (Å²) in [6.45, 7) is 4.15. The minimum atomic E-state index is -0.607. The lowest BCUT2D eigenvalue weighted by Gasteiger charge is -2.16. The summed E-state index contributed by atoms with van der Waals surface area (Å²) in [5.74, 6) is -0.244. The number of ether oxygens (including phenoxy) is 3. The molecule has 5 nitrogen and oxygen atoms in total. The number of carbonyl (C=O) groups excluding carboxylic acids is 1. The van der Waals surface area contributed by atoms with E-state index < -0.39 is 6.10 Å². The van der Waals surface area contributed by atoms with Crippen molar-refractivity contribution in [3.05, 3.63) is 12.7 Å². The number of hydrogen-bond donors (Lipinski definition) is 1. The third kappa shape index (κ3) is 2.86. The van der Waals surface area contributed by atoms with Crippen LogP contribution in [0.2, 0.25) is 0 Å². The summed E-state index contributed by atoms with van der Waals surface area (Å²) in [7, 11) is 0. The van der Waals surface area contributed by atoms with Gasteiger partial charge in [0.25, 0.3) is 0 Å². The van der Waals surface area contributed by atoms with E-state index in [1.165, 1.54) is 0 Å². The molecular weight excluding hydrogens is 224 g/mol. The zero-order valence-electron chi connectivity index (χ0n) is 9.71. The van der Waals surface area contributed by atoms with Crippen molar-refractivity contribution in [1.82, 2.24) is 0 Å². The molecule has 2 rings (SSSR count). The van der Waals surface area contributed by atoms with Gasteiger partial charge in [0.2, 0.25) is 0 Å². The lowest BCUT2D eigenvalue weighted by atomic mass is 10.1. The molecule has 96 valence electrons. The summed E-state index contributed by atoms with van der Waals surface area (Å²) in [6, 6.07) is 0. The van der Waals surface area contributed by atoms with Crippen molar-refractivity contribution in [1.29, 1.82) is 0 Å². The number of allylic oxidation sites excluding steroid dienone is 1. The summed E-state index contributed by atoms with van der Waals surface area (Å²) in [6.07, 6.45) is 2.05. The molecule has 1 N–H and O–H groups in total. The van der Waals surface area contributed by atoms with Gasteiger partial charge in [-0.3, -0.25) is 4.79 Å². The van der Waals surface area contributed by atoms with Gasteiger partial charge in [-0.05, 0) is 12.8 Å². The van der Waals surface area contributed by atoms with E-state index in [4.69, 9.17) is 14.2 Å². The third-order valence-corrected chi connectivity index (χ3v) is 3.05. The quantitative estimate of drug-likeness (QED) is 0.430. The Hall–Kier alpha value is -0.910. The predicted octanol–water partition coefficient (Wildman–Crippen LogP) is 0.413. The molecule has 0 aromatic carbocycles. The van der Waals surface area contributed by atoms with Crippen LogP contribution in [0.3, 0.4) is 0 Å². The molecule has 0 aliphatic carbocycles. The molecule has 0 amide bonds. The molecule has 2 heterocycles. The normalized spacial score (nSPS) is 35.6. The van der Waals surface area contributed by atoms with Crippen molar-refractivity contribution in [2.75, 3.05) is 13.2 Å². The van der Waals surface area contributed by atoms with Crippen molar-refractivity contribution in [3.63, 3.8) is 0 Å².